The van der Waals surface area contributed by atoms with Crippen LogP contribution in [0, 0.1) is 17.3 Å². The summed E-state index contributed by atoms with van der Waals surface area (Å²) in [7, 11) is 1.47. The maximum absolute atomic E-state index is 11.5. The molecular weight excluding hydrogens is 184 g/mol. The number of carbonyl (C=O) groups excluding carboxylic acids is 2. The summed E-state index contributed by atoms with van der Waals surface area (Å²) in [5, 5.41) is 0. The number of methoxy groups -OCH3 is 1. The molecular formula is C10H16O4. The summed E-state index contributed by atoms with van der Waals surface area (Å²) in [6.07, 6.45) is 0.273. The Labute approximate surface area is 83.6 Å². The third-order valence-electron chi connectivity index (χ3n) is 2.93. The summed E-state index contributed by atoms with van der Waals surface area (Å²) in [6, 6.07) is 0. The summed E-state index contributed by atoms with van der Waals surface area (Å²) in [6.45, 7) is 5.41. The van der Waals surface area contributed by atoms with Crippen LogP contribution in [0.15, 0.2) is 0 Å². The van der Waals surface area contributed by atoms with Gasteiger partial charge in [-0.05, 0) is 12.3 Å². The SMILES string of the molecule is COC(C)OC(=O)C1C(C=O)C1(C)C. The summed E-state index contributed by atoms with van der Waals surface area (Å²) in [5.74, 6) is -0.863. The van der Waals surface area contributed by atoms with Crippen LogP contribution < -0.4 is 0 Å². The normalized spacial score (nSPS) is 30.6. The minimum absolute atomic E-state index is 0.209. The summed E-state index contributed by atoms with van der Waals surface area (Å²) >= 11 is 0. The molecule has 0 spiro atoms. The molecule has 0 aromatic carbocycles. The summed E-state index contributed by atoms with van der Waals surface area (Å²) in [5.41, 5.74) is -0.258. The van der Waals surface area contributed by atoms with Gasteiger partial charge in [0.1, 0.15) is 6.29 Å². The fourth-order valence-electron chi connectivity index (χ4n) is 1.67. The number of hydrogen-bond acceptors (Lipinski definition) is 4. The highest BCUT2D eigenvalue weighted by Crippen LogP contribution is 2.57. The topological polar surface area (TPSA) is 52.6 Å². The molecule has 4 nitrogen and oxygen atoms in total. The van der Waals surface area contributed by atoms with E-state index in [-0.39, 0.29) is 23.2 Å². The zero-order chi connectivity index (χ0) is 10.9. The molecule has 0 amide bonds. The Morgan fingerprint density at radius 2 is 2.07 bits per heavy atom. The largest absolute Gasteiger partial charge is 0.436 e. The zero-order valence-corrected chi connectivity index (χ0v) is 8.94. The average molecular weight is 200 g/mol. The standard InChI is InChI=1S/C10H16O4/c1-6(13-4)14-9(12)8-7(5-11)10(8,2)3/h5-8H,1-4H3. The van der Waals surface area contributed by atoms with Crippen molar-refractivity contribution in [2.24, 2.45) is 17.3 Å². The molecule has 3 atom stereocenters. The summed E-state index contributed by atoms with van der Waals surface area (Å²) < 4.78 is 9.78. The molecule has 0 aromatic rings. The second-order valence-corrected chi connectivity index (χ2v) is 4.20. The highest BCUT2D eigenvalue weighted by atomic mass is 16.7. The Morgan fingerprint density at radius 1 is 1.50 bits per heavy atom. The van der Waals surface area contributed by atoms with Gasteiger partial charge >= 0.3 is 5.97 Å². The first-order valence-electron chi connectivity index (χ1n) is 4.63. The zero-order valence-electron chi connectivity index (χ0n) is 8.94. The molecule has 14 heavy (non-hydrogen) atoms. The maximum atomic E-state index is 11.5. The van der Waals surface area contributed by atoms with Crippen molar-refractivity contribution in [3.05, 3.63) is 0 Å². The Morgan fingerprint density at radius 3 is 2.43 bits per heavy atom. The van der Waals surface area contributed by atoms with Crippen LogP contribution in [0.1, 0.15) is 20.8 Å². The van der Waals surface area contributed by atoms with Gasteiger partial charge in [-0.15, -0.1) is 0 Å². The molecule has 4 heteroatoms. The molecule has 0 N–H and O–H groups in total. The lowest BCUT2D eigenvalue weighted by Crippen LogP contribution is -2.19. The third kappa shape index (κ3) is 1.80. The van der Waals surface area contributed by atoms with E-state index in [1.54, 1.807) is 6.92 Å². The van der Waals surface area contributed by atoms with Crippen LogP contribution in [0.4, 0.5) is 0 Å². The van der Waals surface area contributed by atoms with Crippen molar-refractivity contribution in [3.8, 4) is 0 Å². The van der Waals surface area contributed by atoms with Gasteiger partial charge < -0.3 is 14.3 Å². The molecule has 1 fully saturated rings. The van der Waals surface area contributed by atoms with E-state index in [9.17, 15) is 9.59 Å². The van der Waals surface area contributed by atoms with Crippen molar-refractivity contribution in [2.45, 2.75) is 27.1 Å². The van der Waals surface area contributed by atoms with E-state index in [1.165, 1.54) is 7.11 Å². The predicted octanol–water partition coefficient (Wildman–Crippen LogP) is 0.993. The van der Waals surface area contributed by atoms with Crippen molar-refractivity contribution >= 4 is 12.3 Å². The molecule has 0 radical (unpaired) electrons. The molecule has 0 heterocycles. The lowest BCUT2D eigenvalue weighted by Gasteiger charge is -2.11. The lowest BCUT2D eigenvalue weighted by atomic mass is 10.1. The van der Waals surface area contributed by atoms with Crippen molar-refractivity contribution < 1.29 is 19.1 Å². The number of carbonyl (C=O) groups is 2. The second-order valence-electron chi connectivity index (χ2n) is 4.20. The second kappa shape index (κ2) is 3.69. The molecule has 0 aromatic heterocycles. The fraction of sp³-hybridized carbons (Fsp3) is 0.800. The van der Waals surface area contributed by atoms with E-state index < -0.39 is 6.29 Å². The molecule has 0 aliphatic heterocycles. The van der Waals surface area contributed by atoms with E-state index in [1.807, 2.05) is 13.8 Å². The molecule has 0 bridgehead atoms. The minimum Gasteiger partial charge on any atom is -0.436 e. The van der Waals surface area contributed by atoms with Gasteiger partial charge in [-0.25, -0.2) is 0 Å². The van der Waals surface area contributed by atoms with Gasteiger partial charge in [0.2, 0.25) is 0 Å². The third-order valence-corrected chi connectivity index (χ3v) is 2.93. The molecule has 1 aliphatic carbocycles. The van der Waals surface area contributed by atoms with Crippen LogP contribution in [-0.4, -0.2) is 25.7 Å². The van der Waals surface area contributed by atoms with Crippen LogP contribution in [0.25, 0.3) is 0 Å². The molecule has 80 valence electrons. The van der Waals surface area contributed by atoms with Crippen molar-refractivity contribution in [1.29, 1.82) is 0 Å². The van der Waals surface area contributed by atoms with Crippen LogP contribution in [0.2, 0.25) is 0 Å². The van der Waals surface area contributed by atoms with Crippen molar-refractivity contribution in [1.82, 2.24) is 0 Å². The Hall–Kier alpha value is -0.900. The van der Waals surface area contributed by atoms with Gasteiger partial charge in [0, 0.05) is 13.0 Å². The Bertz CT molecular complexity index is 247. The van der Waals surface area contributed by atoms with Crippen LogP contribution >= 0.6 is 0 Å². The smallest absolute Gasteiger partial charge is 0.312 e. The van der Waals surface area contributed by atoms with E-state index >= 15 is 0 Å². The number of hydrogen-bond donors (Lipinski definition) is 0. The van der Waals surface area contributed by atoms with E-state index in [0.29, 0.717) is 0 Å². The van der Waals surface area contributed by atoms with Gasteiger partial charge in [0.25, 0.3) is 0 Å². The van der Waals surface area contributed by atoms with E-state index in [2.05, 4.69) is 0 Å². The average Bonchev–Trinajstić information content (AvgIpc) is 2.67. The molecule has 0 saturated heterocycles. The minimum atomic E-state index is -0.550. The molecule has 1 rings (SSSR count). The number of aldehydes is 1. The maximum Gasteiger partial charge on any atom is 0.312 e. The van der Waals surface area contributed by atoms with E-state index in [0.717, 1.165) is 6.29 Å². The summed E-state index contributed by atoms with van der Waals surface area (Å²) in [4.78, 5) is 22.1. The highest BCUT2D eigenvalue weighted by Gasteiger charge is 2.63. The Balaban J connectivity index is 2.52. The van der Waals surface area contributed by atoms with Crippen LogP contribution in [-0.2, 0) is 19.1 Å². The number of ether oxygens (including phenoxy) is 2. The first kappa shape index (κ1) is 11.2. The van der Waals surface area contributed by atoms with Gasteiger partial charge in [0.15, 0.2) is 6.29 Å². The Kier molecular flexibility index (Phi) is 2.95. The highest BCUT2D eigenvalue weighted by molar-refractivity contribution is 5.84. The first-order valence-corrected chi connectivity index (χ1v) is 4.63. The van der Waals surface area contributed by atoms with Crippen LogP contribution in [0.3, 0.4) is 0 Å². The monoisotopic (exact) mass is 200 g/mol. The van der Waals surface area contributed by atoms with Gasteiger partial charge in [0.05, 0.1) is 5.92 Å². The first-order chi connectivity index (χ1) is 6.45. The van der Waals surface area contributed by atoms with Crippen molar-refractivity contribution in [3.63, 3.8) is 0 Å². The number of rotatable bonds is 4. The van der Waals surface area contributed by atoms with Crippen molar-refractivity contribution in [2.75, 3.05) is 7.11 Å². The van der Waals surface area contributed by atoms with Gasteiger partial charge in [-0.3, -0.25) is 4.79 Å². The predicted molar refractivity (Wildman–Crippen MR) is 49.4 cm³/mol. The molecule has 3 unspecified atom stereocenters. The lowest BCUT2D eigenvalue weighted by molar-refractivity contribution is -0.172. The van der Waals surface area contributed by atoms with Gasteiger partial charge in [-0.1, -0.05) is 13.8 Å². The van der Waals surface area contributed by atoms with Gasteiger partial charge in [-0.2, -0.15) is 0 Å². The molecule has 1 saturated carbocycles. The molecule has 1 aliphatic rings. The fourth-order valence-corrected chi connectivity index (χ4v) is 1.67. The number of esters is 1. The van der Waals surface area contributed by atoms with E-state index in [4.69, 9.17) is 9.47 Å². The van der Waals surface area contributed by atoms with Crippen LogP contribution in [0.5, 0.6) is 0 Å². The quantitative estimate of drug-likeness (QED) is 0.386.